The Balaban J connectivity index is -0.0000110. The van der Waals surface area contributed by atoms with E-state index in [1.165, 1.54) is 77.0 Å². The fourth-order valence-corrected chi connectivity index (χ4v) is 7.90. The van der Waals surface area contributed by atoms with Gasteiger partial charge in [0, 0.05) is 0 Å². The summed E-state index contributed by atoms with van der Waals surface area (Å²) in [5.74, 6) is -3.25. The van der Waals surface area contributed by atoms with Gasteiger partial charge in [-0.15, -0.1) is 0 Å². The number of carboxylic acid groups (broad SMARTS) is 2. The van der Waals surface area contributed by atoms with E-state index in [9.17, 15) is 32.8 Å². The van der Waals surface area contributed by atoms with Crippen molar-refractivity contribution in [3.05, 3.63) is 24.3 Å². The molecule has 49 heavy (non-hydrogen) atoms. The van der Waals surface area contributed by atoms with Crippen LogP contribution in [0.2, 0.25) is 0 Å². The van der Waals surface area contributed by atoms with E-state index < -0.39 is 32.7 Å². The minimum atomic E-state index is -5.10. The van der Waals surface area contributed by atoms with Gasteiger partial charge in [0.2, 0.25) is 0 Å². The van der Waals surface area contributed by atoms with Gasteiger partial charge in [-0.1, -0.05) is 167 Å². The van der Waals surface area contributed by atoms with E-state index in [-0.39, 0.29) is 43.8 Å². The van der Waals surface area contributed by atoms with Crippen LogP contribution in [0.5, 0.6) is 0 Å². The molecule has 0 rings (SSSR count). The predicted octanol–water partition coefficient (Wildman–Crippen LogP) is 9.37. The van der Waals surface area contributed by atoms with Crippen molar-refractivity contribution in [1.82, 2.24) is 0 Å². The molecule has 0 aliphatic rings. The van der Waals surface area contributed by atoms with Crippen LogP contribution in [0, 0.1) is 5.41 Å². The molecule has 1 atom stereocenters. The van der Waals surface area contributed by atoms with E-state index in [1.54, 1.807) is 0 Å². The molecular weight excluding hydrogens is 647 g/mol. The molecule has 3 N–H and O–H groups in total. The largest absolute Gasteiger partial charge is 1.00 e. The summed E-state index contributed by atoms with van der Waals surface area (Å²) >= 11 is 0. The van der Waals surface area contributed by atoms with Gasteiger partial charge in [0.15, 0.2) is 5.25 Å². The monoisotopic (exact) mass is 723 g/mol. The predicted molar refractivity (Wildman–Crippen MR) is 202 cm³/mol. The van der Waals surface area contributed by atoms with Gasteiger partial charge in [0.05, 0.1) is 5.41 Å². The minimum absolute atomic E-state index is 0. The Bertz CT molecular complexity index is 913. The number of hydrogen-bond donors (Lipinski definition) is 3. The van der Waals surface area contributed by atoms with Crippen molar-refractivity contribution >= 4 is 22.1 Å². The zero-order valence-corrected chi connectivity index (χ0v) is 34.8. The molecule has 0 fully saturated rings. The molecule has 9 heteroatoms. The number of rotatable bonds is 36. The van der Waals surface area contributed by atoms with Crippen molar-refractivity contribution in [2.45, 2.75) is 212 Å². The van der Waals surface area contributed by atoms with Crippen molar-refractivity contribution in [1.29, 1.82) is 0 Å². The smallest absolute Gasteiger partial charge is 1.00 e. The molecule has 284 valence electrons. The average Bonchev–Trinajstić information content (AvgIpc) is 3.03. The molecule has 0 aliphatic heterocycles. The second kappa shape index (κ2) is 34.4. The van der Waals surface area contributed by atoms with Crippen LogP contribution in [0.3, 0.4) is 0 Å². The zero-order chi connectivity index (χ0) is 35.8. The maximum Gasteiger partial charge on any atom is 1.00 e. The van der Waals surface area contributed by atoms with Crippen LogP contribution < -0.4 is 29.6 Å². The summed E-state index contributed by atoms with van der Waals surface area (Å²) in [6, 6.07) is 0. The summed E-state index contributed by atoms with van der Waals surface area (Å²) in [5, 5.41) is 17.6. The van der Waals surface area contributed by atoms with E-state index >= 15 is 0 Å². The molecule has 0 heterocycles. The molecule has 0 bridgehead atoms. The topological polar surface area (TPSA) is 129 Å². The fraction of sp³-hybridized carbons (Fsp3) is 0.850. The van der Waals surface area contributed by atoms with Gasteiger partial charge in [0.25, 0.3) is 10.1 Å². The zero-order valence-electron chi connectivity index (χ0n) is 33.0. The van der Waals surface area contributed by atoms with Crippen molar-refractivity contribution in [2.75, 3.05) is 0 Å². The Morgan fingerprint density at radius 1 is 0.531 bits per heavy atom. The van der Waals surface area contributed by atoms with Crippen LogP contribution in [-0.4, -0.2) is 40.4 Å². The normalized spacial score (nSPS) is 12.9. The molecule has 0 amide bonds. The van der Waals surface area contributed by atoms with Gasteiger partial charge in [-0.25, -0.2) is 0 Å². The summed E-state index contributed by atoms with van der Waals surface area (Å²) in [6.07, 6.45) is 39.4. The van der Waals surface area contributed by atoms with Gasteiger partial charge in [-0.05, 0) is 64.2 Å². The Hall–Kier alpha value is -0.670. The number of carbonyl (C=O) groups is 2. The first-order valence-corrected chi connectivity index (χ1v) is 21.4. The number of allylic oxidation sites excluding steroid dienone is 4. The summed E-state index contributed by atoms with van der Waals surface area (Å²) in [6.45, 7) is 4.47. The van der Waals surface area contributed by atoms with Crippen LogP contribution in [0.1, 0.15) is 208 Å². The molecule has 0 saturated carbocycles. The number of unbranched alkanes of at least 4 members (excludes halogenated alkanes) is 24. The first-order chi connectivity index (χ1) is 23.1. The van der Waals surface area contributed by atoms with Crippen molar-refractivity contribution in [3.63, 3.8) is 0 Å². The van der Waals surface area contributed by atoms with Crippen LogP contribution in [0.4, 0.5) is 0 Å². The van der Waals surface area contributed by atoms with E-state index in [4.69, 9.17) is 0 Å². The third-order valence-corrected chi connectivity index (χ3v) is 11.0. The number of hydrogen-bond acceptors (Lipinski definition) is 4. The fourth-order valence-electron chi connectivity index (χ4n) is 6.74. The number of carboxylic acids is 2. The Morgan fingerprint density at radius 2 is 0.796 bits per heavy atom. The molecule has 7 nitrogen and oxygen atoms in total. The Morgan fingerprint density at radius 3 is 1.04 bits per heavy atom. The summed E-state index contributed by atoms with van der Waals surface area (Å²) in [5.41, 5.74) is -2.04. The third-order valence-electron chi connectivity index (χ3n) is 9.72. The Kier molecular flexibility index (Phi) is 35.4. The van der Waals surface area contributed by atoms with Gasteiger partial charge in [-0.3, -0.25) is 14.1 Å². The molecule has 0 saturated heterocycles. The quantitative estimate of drug-likeness (QED) is 0.0254. The van der Waals surface area contributed by atoms with E-state index in [1.807, 2.05) is 0 Å². The summed E-state index contributed by atoms with van der Waals surface area (Å²) in [7, 11) is -5.10. The second-order valence-corrected chi connectivity index (χ2v) is 15.6. The SMILES string of the molecule is CCCCCCCC/C=C\CCCCCCCCC(CCCCCCCC/C=C\CCCCCCCC)(C(=O)O)C(C(=O)O)S(=O)(=O)O.[H-].[Na+]. The first kappa shape index (κ1) is 50.4. The standard InChI is InChI=1S/C40H74O7S.Na.H/c1-3-5-7-9-11-13-15-17-19-21-23-25-27-29-31-33-35-40(39(43)44,37(38(41)42)48(45,46)47)36-34-32-30-28-26-24-22-20-18-16-14-12-10-8-6-4-2;;/h17-20,37H,3-16,21-36H2,1-2H3,(H,41,42)(H,43,44)(H,45,46,47);;/q;+1;-1/b19-17-,20-18-;;. The van der Waals surface area contributed by atoms with Crippen LogP contribution in [0.25, 0.3) is 0 Å². The summed E-state index contributed by atoms with van der Waals surface area (Å²) in [4.78, 5) is 24.6. The molecule has 0 aromatic carbocycles. The molecule has 1 unspecified atom stereocenters. The van der Waals surface area contributed by atoms with Gasteiger partial charge < -0.3 is 11.6 Å². The molecule has 0 spiro atoms. The molecule has 0 aromatic rings. The van der Waals surface area contributed by atoms with Crippen molar-refractivity contribution < 1.29 is 63.8 Å². The molecule has 0 aromatic heterocycles. The van der Waals surface area contributed by atoms with Crippen molar-refractivity contribution in [2.24, 2.45) is 5.41 Å². The van der Waals surface area contributed by atoms with E-state index in [0.717, 1.165) is 77.0 Å². The van der Waals surface area contributed by atoms with E-state index in [2.05, 4.69) is 38.2 Å². The first-order valence-electron chi connectivity index (χ1n) is 19.9. The van der Waals surface area contributed by atoms with Gasteiger partial charge in [-0.2, -0.15) is 8.42 Å². The molecule has 0 aliphatic carbocycles. The molecule has 0 radical (unpaired) electrons. The van der Waals surface area contributed by atoms with Crippen LogP contribution in [-0.2, 0) is 19.7 Å². The second-order valence-electron chi connectivity index (χ2n) is 14.1. The van der Waals surface area contributed by atoms with Crippen molar-refractivity contribution in [3.8, 4) is 0 Å². The van der Waals surface area contributed by atoms with E-state index in [0.29, 0.717) is 25.7 Å². The van der Waals surface area contributed by atoms with Gasteiger partial charge in [0.1, 0.15) is 0 Å². The van der Waals surface area contributed by atoms with Crippen LogP contribution in [0.15, 0.2) is 24.3 Å². The minimum Gasteiger partial charge on any atom is -1.00 e. The maximum atomic E-state index is 12.5. The van der Waals surface area contributed by atoms with Crippen LogP contribution >= 0.6 is 0 Å². The van der Waals surface area contributed by atoms with Gasteiger partial charge >= 0.3 is 41.5 Å². The third kappa shape index (κ3) is 27.6. The Labute approximate surface area is 325 Å². The molecular formula is C40H75NaO7S. The number of aliphatic carboxylic acids is 2. The maximum absolute atomic E-state index is 12.5. The average molecular weight is 723 g/mol. The summed E-state index contributed by atoms with van der Waals surface area (Å²) < 4.78 is 34.2.